The maximum absolute atomic E-state index is 11.4. The van der Waals surface area contributed by atoms with Gasteiger partial charge in [-0.2, -0.15) is 4.98 Å². The first-order chi connectivity index (χ1) is 18.1. The van der Waals surface area contributed by atoms with Gasteiger partial charge in [0.1, 0.15) is 19.5 Å². The number of piperazine rings is 1. The van der Waals surface area contributed by atoms with Gasteiger partial charge in [0.2, 0.25) is 17.7 Å². The van der Waals surface area contributed by atoms with Crippen molar-refractivity contribution in [2.24, 2.45) is 5.73 Å². The Labute approximate surface area is 219 Å². The predicted octanol–water partition coefficient (Wildman–Crippen LogP) is 2.24. The first kappa shape index (κ1) is 26.2. The molecule has 1 aliphatic rings. The van der Waals surface area contributed by atoms with Crippen LogP contribution in [-0.4, -0.2) is 71.5 Å². The van der Waals surface area contributed by atoms with E-state index in [4.69, 9.17) is 20.6 Å². The highest BCUT2D eigenvalue weighted by atomic mass is 32.2. The summed E-state index contributed by atoms with van der Waals surface area (Å²) in [7, 11) is 0. The molecule has 1 saturated heterocycles. The number of aliphatic hydroxyl groups is 1. The van der Waals surface area contributed by atoms with Gasteiger partial charge in [0.15, 0.2) is 0 Å². The molecule has 2 aromatic carbocycles. The number of carbonyl (C=O) groups excluding carboxylic acids is 2. The topological polar surface area (TPSA) is 122 Å². The largest absolute Gasteiger partial charge is 0.472 e. The Kier molecular flexibility index (Phi) is 9.10. The van der Waals surface area contributed by atoms with Gasteiger partial charge in [-0.3, -0.25) is 14.5 Å². The van der Waals surface area contributed by atoms with Crippen molar-refractivity contribution in [2.45, 2.75) is 16.4 Å². The van der Waals surface area contributed by atoms with Gasteiger partial charge >= 0.3 is 0 Å². The van der Waals surface area contributed by atoms with Crippen LogP contribution in [-0.2, 0) is 6.61 Å². The number of anilines is 1. The molecule has 3 aromatic rings. The van der Waals surface area contributed by atoms with Crippen molar-refractivity contribution >= 4 is 29.9 Å². The fraction of sp³-hybridized carbons (Fsp3) is 0.259. The summed E-state index contributed by atoms with van der Waals surface area (Å²) in [5.41, 5.74) is 7.21. The van der Waals surface area contributed by atoms with Crippen LogP contribution in [0.15, 0.2) is 64.5 Å². The Bertz CT molecular complexity index is 1300. The van der Waals surface area contributed by atoms with E-state index in [-0.39, 0.29) is 13.2 Å². The number of benzene rings is 2. The highest BCUT2D eigenvalue weighted by molar-refractivity contribution is 7.99. The fourth-order valence-electron chi connectivity index (χ4n) is 3.72. The van der Waals surface area contributed by atoms with E-state index in [0.717, 1.165) is 47.8 Å². The predicted molar refractivity (Wildman–Crippen MR) is 141 cm³/mol. The molecule has 2 heterocycles. The first-order valence-electron chi connectivity index (χ1n) is 11.7. The number of primary amides is 1. The number of nitrogens with zero attached hydrogens (tertiary/aromatic N) is 4. The third-order valence-corrected chi connectivity index (χ3v) is 6.71. The second-order valence-corrected chi connectivity index (χ2v) is 9.37. The number of carbonyl (C=O) groups is 2. The van der Waals surface area contributed by atoms with Gasteiger partial charge < -0.3 is 20.5 Å². The smallest absolute Gasteiger partial charge is 0.248 e. The van der Waals surface area contributed by atoms with E-state index in [9.17, 15) is 9.59 Å². The maximum atomic E-state index is 11.4. The molecule has 190 valence electrons. The summed E-state index contributed by atoms with van der Waals surface area (Å²) in [6, 6.07) is 14.2. The molecule has 4 rings (SSSR count). The van der Waals surface area contributed by atoms with Crippen molar-refractivity contribution in [3.05, 3.63) is 71.4 Å². The van der Waals surface area contributed by atoms with Crippen LogP contribution in [0.3, 0.4) is 0 Å². The van der Waals surface area contributed by atoms with Gasteiger partial charge in [-0.05, 0) is 35.9 Å². The average molecular weight is 518 g/mol. The molecule has 37 heavy (non-hydrogen) atoms. The van der Waals surface area contributed by atoms with Crippen LogP contribution in [0.5, 0.6) is 5.88 Å². The van der Waals surface area contributed by atoms with Crippen LogP contribution >= 0.6 is 11.8 Å². The molecule has 0 atom stereocenters. The average Bonchev–Trinajstić information content (AvgIpc) is 2.93. The molecular formula is C27H27N5O4S. The van der Waals surface area contributed by atoms with Crippen molar-refractivity contribution in [3.8, 4) is 17.7 Å². The molecule has 0 bridgehead atoms. The summed E-state index contributed by atoms with van der Waals surface area (Å²) in [5, 5.41) is 8.84. The number of hydrogen-bond donors (Lipinski definition) is 2. The van der Waals surface area contributed by atoms with Crippen molar-refractivity contribution < 1.29 is 19.4 Å². The van der Waals surface area contributed by atoms with E-state index in [1.807, 2.05) is 24.3 Å². The molecule has 0 saturated carbocycles. The summed E-state index contributed by atoms with van der Waals surface area (Å²) in [6.07, 6.45) is 2.55. The second kappa shape index (κ2) is 12.9. The van der Waals surface area contributed by atoms with Crippen molar-refractivity contribution in [1.29, 1.82) is 0 Å². The van der Waals surface area contributed by atoms with Gasteiger partial charge in [0, 0.05) is 42.2 Å². The lowest BCUT2D eigenvalue weighted by molar-refractivity contribution is 0.0999. The van der Waals surface area contributed by atoms with Gasteiger partial charge in [-0.15, -0.1) is 0 Å². The van der Waals surface area contributed by atoms with Crippen molar-refractivity contribution in [1.82, 2.24) is 14.9 Å². The van der Waals surface area contributed by atoms with Crippen molar-refractivity contribution in [3.63, 3.8) is 0 Å². The molecule has 9 nitrogen and oxygen atoms in total. The van der Waals surface area contributed by atoms with Gasteiger partial charge in [-0.25, -0.2) is 4.98 Å². The zero-order valence-corrected chi connectivity index (χ0v) is 21.0. The minimum atomic E-state index is -0.480. The van der Waals surface area contributed by atoms with Crippen LogP contribution in [0.2, 0.25) is 0 Å². The maximum Gasteiger partial charge on any atom is 0.248 e. The number of aromatic nitrogens is 2. The summed E-state index contributed by atoms with van der Waals surface area (Å²) in [5.74, 6) is 6.16. The molecule has 0 spiro atoms. The van der Waals surface area contributed by atoms with Crippen LogP contribution in [0.1, 0.15) is 26.3 Å². The zero-order valence-electron chi connectivity index (χ0n) is 20.2. The highest BCUT2D eigenvalue weighted by Crippen LogP contribution is 2.35. The van der Waals surface area contributed by atoms with Crippen LogP contribution < -0.4 is 15.4 Å². The highest BCUT2D eigenvalue weighted by Gasteiger charge is 2.20. The lowest BCUT2D eigenvalue weighted by Crippen LogP contribution is -2.47. The molecule has 1 aliphatic heterocycles. The van der Waals surface area contributed by atoms with Crippen LogP contribution in [0, 0.1) is 11.8 Å². The molecule has 1 fully saturated rings. The second-order valence-electron chi connectivity index (χ2n) is 8.26. The summed E-state index contributed by atoms with van der Waals surface area (Å²) < 4.78 is 6.13. The molecular weight excluding hydrogens is 490 g/mol. The molecule has 1 amide bonds. The van der Waals surface area contributed by atoms with Crippen LogP contribution in [0.4, 0.5) is 5.95 Å². The Hall–Kier alpha value is -3.91. The third-order valence-electron chi connectivity index (χ3n) is 5.70. The van der Waals surface area contributed by atoms with Gasteiger partial charge in [-0.1, -0.05) is 41.8 Å². The standard InChI is InChI=1S/C27H27N5O4S/c28-25(35)22-6-8-23(9-7-22)37-24-17-29-27(32-13-11-31(12-14-32)10-1-2-15-33)30-26(24)36-19-21-5-3-4-20(16-21)18-34/h3-9,16-18,33H,10-15,19H2,(H2,28,35). The number of amides is 1. The first-order valence-corrected chi connectivity index (χ1v) is 12.5. The number of aldehydes is 1. The van der Waals surface area contributed by atoms with E-state index in [0.29, 0.717) is 29.5 Å². The summed E-state index contributed by atoms with van der Waals surface area (Å²) in [4.78, 5) is 37.8. The Morgan fingerprint density at radius 1 is 1.14 bits per heavy atom. The van der Waals surface area contributed by atoms with Crippen molar-refractivity contribution in [2.75, 3.05) is 44.2 Å². The Morgan fingerprint density at radius 2 is 1.92 bits per heavy atom. The number of rotatable bonds is 9. The summed E-state index contributed by atoms with van der Waals surface area (Å²) >= 11 is 1.42. The normalized spacial score (nSPS) is 13.5. The minimum absolute atomic E-state index is 0.129. The lowest BCUT2D eigenvalue weighted by atomic mass is 10.1. The number of aliphatic hydroxyl groups excluding tert-OH is 1. The molecule has 0 aliphatic carbocycles. The van der Waals surface area contributed by atoms with E-state index < -0.39 is 5.91 Å². The molecule has 1 aromatic heterocycles. The fourth-order valence-corrected chi connectivity index (χ4v) is 4.55. The molecule has 3 N–H and O–H groups in total. The van der Waals surface area contributed by atoms with E-state index in [1.165, 1.54) is 11.8 Å². The molecule has 10 heteroatoms. The summed E-state index contributed by atoms with van der Waals surface area (Å²) in [6.45, 7) is 3.82. The molecule has 0 radical (unpaired) electrons. The SMILES string of the molecule is NC(=O)c1ccc(Sc2cnc(N3CCN(CC#CCO)CC3)nc2OCc2cccc(C=O)c2)cc1. The molecule has 0 unspecified atom stereocenters. The number of nitrogens with two attached hydrogens (primary N) is 1. The van der Waals surface area contributed by atoms with E-state index >= 15 is 0 Å². The quantitative estimate of drug-likeness (QED) is 0.325. The number of ether oxygens (including phenoxy) is 1. The third kappa shape index (κ3) is 7.30. The van der Waals surface area contributed by atoms with Gasteiger partial charge in [0.05, 0.1) is 17.6 Å². The monoisotopic (exact) mass is 517 g/mol. The Morgan fingerprint density at radius 3 is 2.62 bits per heavy atom. The van der Waals surface area contributed by atoms with E-state index in [1.54, 1.807) is 30.5 Å². The minimum Gasteiger partial charge on any atom is -0.472 e. The Balaban J connectivity index is 1.52. The van der Waals surface area contributed by atoms with Gasteiger partial charge in [0.25, 0.3) is 0 Å². The number of hydrogen-bond acceptors (Lipinski definition) is 9. The van der Waals surface area contributed by atoms with Crippen LogP contribution in [0.25, 0.3) is 0 Å². The lowest BCUT2D eigenvalue weighted by Gasteiger charge is -2.33. The van der Waals surface area contributed by atoms with E-state index in [2.05, 4.69) is 26.6 Å². The zero-order chi connectivity index (χ0) is 26.0.